The van der Waals surface area contributed by atoms with E-state index in [4.69, 9.17) is 0 Å². The summed E-state index contributed by atoms with van der Waals surface area (Å²) in [7, 11) is 0. The van der Waals surface area contributed by atoms with Crippen LogP contribution in [-0.4, -0.2) is 4.57 Å². The van der Waals surface area contributed by atoms with Gasteiger partial charge in [-0.05, 0) is 76.9 Å². The first-order chi connectivity index (χ1) is 20.7. The van der Waals surface area contributed by atoms with Crippen LogP contribution in [-0.2, 0) is 0 Å². The Hall–Kier alpha value is -5.68. The lowest BCUT2D eigenvalue weighted by Gasteiger charge is -2.13. The maximum atomic E-state index is 10.1. The molecule has 0 bridgehead atoms. The molecule has 0 radical (unpaired) electrons. The molecule has 2 aromatic heterocycles. The number of hydrogen-bond acceptors (Lipinski definition) is 3. The Morgan fingerprint density at radius 3 is 1.79 bits per heavy atom. The van der Waals surface area contributed by atoms with Crippen molar-refractivity contribution in [2.24, 2.45) is 0 Å². The van der Waals surface area contributed by atoms with Gasteiger partial charge in [0, 0.05) is 36.6 Å². The normalized spacial score (nSPS) is 11.3. The summed E-state index contributed by atoms with van der Waals surface area (Å²) in [6, 6.07) is 48.3. The molecule has 8 aromatic rings. The molecule has 0 fully saturated rings. The number of benzene rings is 6. The zero-order valence-corrected chi connectivity index (χ0v) is 23.2. The highest BCUT2D eigenvalue weighted by Gasteiger charge is 2.16. The Labute approximate surface area is 246 Å². The second kappa shape index (κ2) is 9.46. The van der Waals surface area contributed by atoms with Crippen LogP contribution in [0.25, 0.3) is 69.9 Å². The van der Waals surface area contributed by atoms with Crippen molar-refractivity contribution in [1.82, 2.24) is 4.57 Å². The van der Waals surface area contributed by atoms with Crippen LogP contribution in [0.4, 0.5) is 0 Å². The molecule has 6 aromatic carbocycles. The fraction of sp³-hybridized carbons (Fsp3) is 0. The van der Waals surface area contributed by atoms with Crippen molar-refractivity contribution in [3.8, 4) is 40.1 Å². The van der Waals surface area contributed by atoms with Gasteiger partial charge >= 0.3 is 0 Å². The second-order valence-corrected chi connectivity index (χ2v) is 11.5. The van der Waals surface area contributed by atoms with Gasteiger partial charge in [0.1, 0.15) is 0 Å². The smallest absolute Gasteiger partial charge is 0.0992 e. The molecule has 0 spiro atoms. The Morgan fingerprint density at radius 1 is 0.500 bits per heavy atom. The first kappa shape index (κ1) is 24.1. The molecule has 2 heterocycles. The van der Waals surface area contributed by atoms with Gasteiger partial charge in [-0.2, -0.15) is 10.5 Å². The Balaban J connectivity index is 1.36. The average molecular weight is 552 g/mol. The summed E-state index contributed by atoms with van der Waals surface area (Å²) in [6.45, 7) is 0. The van der Waals surface area contributed by atoms with Crippen molar-refractivity contribution in [2.45, 2.75) is 0 Å². The van der Waals surface area contributed by atoms with Gasteiger partial charge in [-0.3, -0.25) is 0 Å². The van der Waals surface area contributed by atoms with E-state index in [-0.39, 0.29) is 0 Å². The summed E-state index contributed by atoms with van der Waals surface area (Å²) >= 11 is 1.78. The highest BCUT2D eigenvalue weighted by Crippen LogP contribution is 2.41. The number of para-hydroxylation sites is 2. The summed E-state index contributed by atoms with van der Waals surface area (Å²) in [4.78, 5) is 0. The van der Waals surface area contributed by atoms with Gasteiger partial charge < -0.3 is 4.57 Å². The highest BCUT2D eigenvalue weighted by molar-refractivity contribution is 7.26. The third kappa shape index (κ3) is 3.71. The maximum Gasteiger partial charge on any atom is 0.0992 e. The fourth-order valence-corrected chi connectivity index (χ4v) is 7.40. The third-order valence-electron chi connectivity index (χ3n) is 8.00. The van der Waals surface area contributed by atoms with Crippen LogP contribution in [0.3, 0.4) is 0 Å². The van der Waals surface area contributed by atoms with Gasteiger partial charge in [-0.15, -0.1) is 11.3 Å². The van der Waals surface area contributed by atoms with Crippen LogP contribution in [0.5, 0.6) is 0 Å². The lowest BCUT2D eigenvalue weighted by Crippen LogP contribution is -1.96. The zero-order chi connectivity index (χ0) is 28.2. The summed E-state index contributed by atoms with van der Waals surface area (Å²) < 4.78 is 4.67. The topological polar surface area (TPSA) is 52.5 Å². The molecule has 0 aliphatic rings. The molecule has 0 unspecified atom stereocenters. The predicted octanol–water partition coefficient (Wildman–Crippen LogP) is 10.2. The van der Waals surface area contributed by atoms with Crippen LogP contribution in [0.2, 0.25) is 0 Å². The monoisotopic (exact) mass is 551 g/mol. The Bertz CT molecular complexity index is 2390. The minimum Gasteiger partial charge on any atom is -0.309 e. The fourth-order valence-electron chi connectivity index (χ4n) is 6.16. The molecule has 0 atom stereocenters. The van der Waals surface area contributed by atoms with Crippen molar-refractivity contribution in [3.05, 3.63) is 139 Å². The Kier molecular flexibility index (Phi) is 5.44. The van der Waals surface area contributed by atoms with Gasteiger partial charge in [-0.1, -0.05) is 72.8 Å². The van der Waals surface area contributed by atoms with Gasteiger partial charge in [0.2, 0.25) is 0 Å². The number of thiophene rings is 1. The van der Waals surface area contributed by atoms with Crippen LogP contribution >= 0.6 is 11.3 Å². The molecule has 42 heavy (non-hydrogen) atoms. The molecular weight excluding hydrogens is 531 g/mol. The van der Waals surface area contributed by atoms with Crippen molar-refractivity contribution in [2.75, 3.05) is 0 Å². The van der Waals surface area contributed by atoms with Crippen LogP contribution in [0.1, 0.15) is 11.1 Å². The van der Waals surface area contributed by atoms with Crippen molar-refractivity contribution >= 4 is 53.3 Å². The third-order valence-corrected chi connectivity index (χ3v) is 9.22. The van der Waals surface area contributed by atoms with E-state index in [2.05, 4.69) is 108 Å². The summed E-state index contributed by atoms with van der Waals surface area (Å²) in [6.07, 6.45) is 0. The van der Waals surface area contributed by atoms with E-state index in [0.717, 1.165) is 39.0 Å². The van der Waals surface area contributed by atoms with E-state index in [1.807, 2.05) is 36.4 Å². The molecule has 0 aliphatic carbocycles. The molecule has 0 N–H and O–H groups in total. The number of rotatable bonds is 3. The van der Waals surface area contributed by atoms with Gasteiger partial charge in [0.05, 0.1) is 34.3 Å². The van der Waals surface area contributed by atoms with E-state index in [9.17, 15) is 10.5 Å². The van der Waals surface area contributed by atoms with Gasteiger partial charge in [-0.25, -0.2) is 0 Å². The minimum atomic E-state index is 0.569. The molecule has 0 amide bonds. The summed E-state index contributed by atoms with van der Waals surface area (Å²) in [5.41, 5.74) is 8.13. The van der Waals surface area contributed by atoms with E-state index in [1.54, 1.807) is 11.3 Å². The molecule has 0 saturated heterocycles. The molecule has 8 rings (SSSR count). The standard InChI is InChI=1S/C38H21N3S/c39-22-24-16-26(20-28(18-24)30-11-7-12-34-33-10-3-6-15-37(33)42-38(30)34)27-17-25(23-40)19-29(21-27)41-35-13-4-1-8-31(35)32-9-2-5-14-36(32)41/h1-21H. The van der Waals surface area contributed by atoms with E-state index in [0.29, 0.717) is 11.1 Å². The first-order valence-corrected chi connectivity index (χ1v) is 14.5. The van der Waals surface area contributed by atoms with Crippen LogP contribution < -0.4 is 0 Å². The number of fused-ring (bicyclic) bond motifs is 6. The molecule has 3 nitrogen and oxygen atoms in total. The average Bonchev–Trinajstić information content (AvgIpc) is 3.60. The van der Waals surface area contributed by atoms with Crippen LogP contribution in [0, 0.1) is 22.7 Å². The molecule has 4 heteroatoms. The number of nitrogens with zero attached hydrogens (tertiary/aromatic N) is 3. The summed E-state index contributed by atoms with van der Waals surface area (Å²) in [5, 5.41) is 24.9. The number of aromatic nitrogens is 1. The largest absolute Gasteiger partial charge is 0.309 e. The maximum absolute atomic E-state index is 10.1. The number of nitriles is 2. The summed E-state index contributed by atoms with van der Waals surface area (Å²) in [5.74, 6) is 0. The van der Waals surface area contributed by atoms with Crippen molar-refractivity contribution < 1.29 is 0 Å². The van der Waals surface area contributed by atoms with Crippen molar-refractivity contribution in [1.29, 1.82) is 10.5 Å². The lowest BCUT2D eigenvalue weighted by atomic mass is 9.94. The van der Waals surface area contributed by atoms with Gasteiger partial charge in [0.25, 0.3) is 0 Å². The van der Waals surface area contributed by atoms with Gasteiger partial charge in [0.15, 0.2) is 0 Å². The molecular formula is C38H21N3S. The van der Waals surface area contributed by atoms with E-state index < -0.39 is 0 Å². The van der Waals surface area contributed by atoms with Crippen LogP contribution in [0.15, 0.2) is 127 Å². The Morgan fingerprint density at radius 2 is 1.07 bits per heavy atom. The van der Waals surface area contributed by atoms with Crippen molar-refractivity contribution in [3.63, 3.8) is 0 Å². The van der Waals surface area contributed by atoms with E-state index >= 15 is 0 Å². The quantitative estimate of drug-likeness (QED) is 0.219. The lowest BCUT2D eigenvalue weighted by molar-refractivity contribution is 1.18. The number of hydrogen-bond donors (Lipinski definition) is 0. The molecule has 194 valence electrons. The molecule has 0 aliphatic heterocycles. The first-order valence-electron chi connectivity index (χ1n) is 13.7. The molecule has 0 saturated carbocycles. The SMILES string of the molecule is N#Cc1cc(-c2cc(C#N)cc(-n3c4ccccc4c4ccccc43)c2)cc(-c2cccc3c2sc2ccccc23)c1. The predicted molar refractivity (Wildman–Crippen MR) is 174 cm³/mol. The zero-order valence-electron chi connectivity index (χ0n) is 22.4. The van der Waals surface area contributed by atoms with E-state index in [1.165, 1.54) is 30.9 Å². The minimum absolute atomic E-state index is 0.569. The highest BCUT2D eigenvalue weighted by atomic mass is 32.1. The second-order valence-electron chi connectivity index (χ2n) is 10.4.